The number of anilines is 1. The number of amides is 1. The van der Waals surface area contributed by atoms with Crippen LogP contribution in [0.1, 0.15) is 27.2 Å². The van der Waals surface area contributed by atoms with Gasteiger partial charge in [-0.05, 0) is 27.2 Å². The molecule has 0 spiro atoms. The minimum Gasteiger partial charge on any atom is -0.351 e. The van der Waals surface area contributed by atoms with E-state index in [1.165, 1.54) is 4.57 Å². The summed E-state index contributed by atoms with van der Waals surface area (Å²) in [7, 11) is 1.70. The van der Waals surface area contributed by atoms with E-state index in [9.17, 15) is 9.59 Å². The summed E-state index contributed by atoms with van der Waals surface area (Å²) in [6.07, 6.45) is 3.99. The SMILES string of the molecule is Cn1ccnc(N2CCC(C(=O)NC(C)(C)C)C2)c1=O. The number of carbonyl (C=O) groups is 1. The van der Waals surface area contributed by atoms with Crippen LogP contribution >= 0.6 is 0 Å². The van der Waals surface area contributed by atoms with Crippen molar-refractivity contribution in [2.24, 2.45) is 13.0 Å². The Labute approximate surface area is 118 Å². The second-order valence-corrected chi connectivity index (χ2v) is 6.34. The number of aryl methyl sites for hydroxylation is 1. The summed E-state index contributed by atoms with van der Waals surface area (Å²) in [5, 5.41) is 2.99. The number of hydrogen-bond donors (Lipinski definition) is 1. The second kappa shape index (κ2) is 5.26. The zero-order valence-corrected chi connectivity index (χ0v) is 12.5. The highest BCUT2D eigenvalue weighted by Crippen LogP contribution is 2.20. The van der Waals surface area contributed by atoms with Gasteiger partial charge < -0.3 is 14.8 Å². The van der Waals surface area contributed by atoms with Crippen LogP contribution in [0.25, 0.3) is 0 Å². The molecule has 0 aromatic carbocycles. The maximum atomic E-state index is 12.1. The number of nitrogens with zero attached hydrogens (tertiary/aromatic N) is 3. The number of rotatable bonds is 2. The molecular formula is C14H22N4O2. The predicted octanol–water partition coefficient (Wildman–Crippen LogP) is 0.521. The molecule has 1 unspecified atom stereocenters. The third-order valence-electron chi connectivity index (χ3n) is 3.36. The smallest absolute Gasteiger partial charge is 0.293 e. The normalized spacial score (nSPS) is 19.2. The van der Waals surface area contributed by atoms with E-state index in [0.717, 1.165) is 6.42 Å². The maximum absolute atomic E-state index is 12.1. The summed E-state index contributed by atoms with van der Waals surface area (Å²) >= 11 is 0. The molecule has 1 amide bonds. The summed E-state index contributed by atoms with van der Waals surface area (Å²) < 4.78 is 1.50. The van der Waals surface area contributed by atoms with Crippen molar-refractivity contribution in [2.75, 3.05) is 18.0 Å². The third kappa shape index (κ3) is 3.18. The van der Waals surface area contributed by atoms with Crippen molar-refractivity contribution in [1.29, 1.82) is 0 Å². The molecule has 1 aromatic heterocycles. The van der Waals surface area contributed by atoms with Gasteiger partial charge in [0.25, 0.3) is 5.56 Å². The Kier molecular flexibility index (Phi) is 3.83. The van der Waals surface area contributed by atoms with Gasteiger partial charge in [-0.2, -0.15) is 0 Å². The fourth-order valence-corrected chi connectivity index (χ4v) is 2.34. The highest BCUT2D eigenvalue weighted by atomic mass is 16.2. The van der Waals surface area contributed by atoms with Crippen LogP contribution in [-0.4, -0.2) is 34.1 Å². The van der Waals surface area contributed by atoms with Crippen molar-refractivity contribution in [3.63, 3.8) is 0 Å². The molecule has 1 fully saturated rings. The van der Waals surface area contributed by atoms with Crippen LogP contribution in [0.5, 0.6) is 0 Å². The van der Waals surface area contributed by atoms with E-state index in [0.29, 0.717) is 18.9 Å². The summed E-state index contributed by atoms with van der Waals surface area (Å²) in [6.45, 7) is 7.13. The third-order valence-corrected chi connectivity index (χ3v) is 3.36. The van der Waals surface area contributed by atoms with E-state index < -0.39 is 0 Å². The van der Waals surface area contributed by atoms with Crippen LogP contribution in [0.15, 0.2) is 17.2 Å². The molecule has 110 valence electrons. The summed E-state index contributed by atoms with van der Waals surface area (Å²) in [6, 6.07) is 0. The van der Waals surface area contributed by atoms with Crippen molar-refractivity contribution < 1.29 is 4.79 Å². The maximum Gasteiger partial charge on any atom is 0.293 e. The van der Waals surface area contributed by atoms with Crippen molar-refractivity contribution in [2.45, 2.75) is 32.7 Å². The molecule has 6 heteroatoms. The van der Waals surface area contributed by atoms with Gasteiger partial charge in [0.1, 0.15) is 0 Å². The average molecular weight is 278 g/mol. The average Bonchev–Trinajstić information content (AvgIpc) is 2.80. The van der Waals surface area contributed by atoms with Crippen molar-refractivity contribution in [3.8, 4) is 0 Å². The molecule has 2 rings (SSSR count). The molecule has 6 nitrogen and oxygen atoms in total. The van der Waals surface area contributed by atoms with Crippen LogP contribution < -0.4 is 15.8 Å². The van der Waals surface area contributed by atoms with Gasteiger partial charge >= 0.3 is 0 Å². The highest BCUT2D eigenvalue weighted by Gasteiger charge is 2.31. The Morgan fingerprint density at radius 1 is 1.45 bits per heavy atom. The van der Waals surface area contributed by atoms with Gasteiger partial charge in [0.05, 0.1) is 5.92 Å². The zero-order valence-electron chi connectivity index (χ0n) is 12.5. The Hall–Kier alpha value is -1.85. The largest absolute Gasteiger partial charge is 0.351 e. The minimum atomic E-state index is -0.231. The van der Waals surface area contributed by atoms with E-state index in [-0.39, 0.29) is 22.9 Å². The van der Waals surface area contributed by atoms with Crippen molar-refractivity contribution >= 4 is 11.7 Å². The lowest BCUT2D eigenvalue weighted by Gasteiger charge is -2.23. The van der Waals surface area contributed by atoms with E-state index in [1.807, 2.05) is 25.7 Å². The quantitative estimate of drug-likeness (QED) is 0.856. The monoisotopic (exact) mass is 278 g/mol. The molecule has 0 aliphatic carbocycles. The number of nitrogens with one attached hydrogen (secondary N) is 1. The molecule has 1 aromatic rings. The molecular weight excluding hydrogens is 256 g/mol. The topological polar surface area (TPSA) is 67.2 Å². The Bertz CT molecular complexity index is 559. The summed E-state index contributed by atoms with van der Waals surface area (Å²) in [5.41, 5.74) is -0.351. The molecule has 0 bridgehead atoms. The molecule has 1 aliphatic rings. The lowest BCUT2D eigenvalue weighted by atomic mass is 10.0. The van der Waals surface area contributed by atoms with E-state index in [4.69, 9.17) is 0 Å². The van der Waals surface area contributed by atoms with Crippen LogP contribution in [0.4, 0.5) is 5.82 Å². The van der Waals surface area contributed by atoms with Gasteiger partial charge in [0.2, 0.25) is 5.91 Å². The number of carbonyl (C=O) groups excluding carboxylic acids is 1. The van der Waals surface area contributed by atoms with Gasteiger partial charge in [0.15, 0.2) is 5.82 Å². The van der Waals surface area contributed by atoms with Crippen LogP contribution in [0, 0.1) is 5.92 Å². The first kappa shape index (κ1) is 14.6. The van der Waals surface area contributed by atoms with Crippen LogP contribution in [0.3, 0.4) is 0 Å². The standard InChI is InChI=1S/C14H22N4O2/c1-14(2,3)16-12(19)10-5-7-18(9-10)11-13(20)17(4)8-6-15-11/h6,8,10H,5,7,9H2,1-4H3,(H,16,19). The van der Waals surface area contributed by atoms with E-state index in [1.54, 1.807) is 19.4 Å². The Morgan fingerprint density at radius 3 is 2.80 bits per heavy atom. The fourth-order valence-electron chi connectivity index (χ4n) is 2.34. The fraction of sp³-hybridized carbons (Fsp3) is 0.643. The first-order valence-electron chi connectivity index (χ1n) is 6.86. The molecule has 1 atom stereocenters. The lowest BCUT2D eigenvalue weighted by molar-refractivity contribution is -0.125. The van der Waals surface area contributed by atoms with Gasteiger partial charge in [-0.3, -0.25) is 9.59 Å². The molecule has 0 saturated carbocycles. The summed E-state index contributed by atoms with van der Waals surface area (Å²) in [4.78, 5) is 30.2. The van der Waals surface area contributed by atoms with E-state index in [2.05, 4.69) is 10.3 Å². The summed E-state index contributed by atoms with van der Waals surface area (Å²) in [5.74, 6) is 0.398. The van der Waals surface area contributed by atoms with Crippen molar-refractivity contribution in [1.82, 2.24) is 14.9 Å². The molecule has 1 N–H and O–H groups in total. The second-order valence-electron chi connectivity index (χ2n) is 6.34. The minimum absolute atomic E-state index is 0.0488. The van der Waals surface area contributed by atoms with Gasteiger partial charge in [-0.25, -0.2) is 4.98 Å². The molecule has 2 heterocycles. The first-order chi connectivity index (χ1) is 9.28. The number of aromatic nitrogens is 2. The van der Waals surface area contributed by atoms with Crippen molar-refractivity contribution in [3.05, 3.63) is 22.7 Å². The van der Waals surface area contributed by atoms with Crippen LogP contribution in [-0.2, 0) is 11.8 Å². The Morgan fingerprint density at radius 2 is 2.15 bits per heavy atom. The molecule has 0 radical (unpaired) electrons. The highest BCUT2D eigenvalue weighted by molar-refractivity contribution is 5.80. The first-order valence-corrected chi connectivity index (χ1v) is 6.86. The predicted molar refractivity (Wildman–Crippen MR) is 77.7 cm³/mol. The number of hydrogen-bond acceptors (Lipinski definition) is 4. The van der Waals surface area contributed by atoms with Gasteiger partial charge in [-0.1, -0.05) is 0 Å². The molecule has 1 saturated heterocycles. The van der Waals surface area contributed by atoms with Gasteiger partial charge in [0, 0.05) is 38.1 Å². The molecule has 20 heavy (non-hydrogen) atoms. The molecule has 1 aliphatic heterocycles. The Balaban J connectivity index is 2.08. The lowest BCUT2D eigenvalue weighted by Crippen LogP contribution is -2.44. The van der Waals surface area contributed by atoms with Crippen LogP contribution in [0.2, 0.25) is 0 Å². The van der Waals surface area contributed by atoms with E-state index >= 15 is 0 Å². The zero-order chi connectivity index (χ0) is 14.9. The van der Waals surface area contributed by atoms with Gasteiger partial charge in [-0.15, -0.1) is 0 Å².